The molecule has 0 amide bonds. The lowest BCUT2D eigenvalue weighted by molar-refractivity contribution is 0.548. The highest BCUT2D eigenvalue weighted by atomic mass is 79.9. The topological polar surface area (TPSA) is 57.9 Å². The van der Waals surface area contributed by atoms with Crippen molar-refractivity contribution < 1.29 is 8.42 Å². The van der Waals surface area contributed by atoms with Gasteiger partial charge in [0.05, 0.1) is 16.7 Å². The van der Waals surface area contributed by atoms with Crippen molar-refractivity contribution >= 4 is 25.8 Å². The Balaban J connectivity index is 2.20. The van der Waals surface area contributed by atoms with Gasteiger partial charge in [-0.05, 0) is 42.5 Å². The third kappa shape index (κ3) is 2.88. The minimum absolute atomic E-state index is 0.0925. The van der Waals surface area contributed by atoms with Crippen LogP contribution in [0.5, 0.6) is 0 Å². The molecule has 0 unspecified atom stereocenters. The first-order chi connectivity index (χ1) is 7.97. The summed E-state index contributed by atoms with van der Waals surface area (Å²) in [5, 5.41) is 8.69. The normalized spacial score (nSPS) is 17.4. The van der Waals surface area contributed by atoms with Gasteiger partial charge in [-0.15, -0.1) is 0 Å². The van der Waals surface area contributed by atoms with Crippen molar-refractivity contribution in [2.75, 3.05) is 5.75 Å². The zero-order valence-corrected chi connectivity index (χ0v) is 11.6. The standard InChI is InChI=1S/C12H12BrNO2S/c13-10-1-3-11(4-2-10)17(15,16)9-12(5-6-12)7-8-14/h1-4H,5-7,9H2. The molecule has 1 aliphatic rings. The summed E-state index contributed by atoms with van der Waals surface area (Å²) in [5.41, 5.74) is -0.277. The van der Waals surface area contributed by atoms with Crippen LogP contribution in [0.1, 0.15) is 19.3 Å². The molecule has 0 heterocycles. The van der Waals surface area contributed by atoms with Gasteiger partial charge in [-0.2, -0.15) is 5.26 Å². The van der Waals surface area contributed by atoms with Crippen molar-refractivity contribution in [2.24, 2.45) is 5.41 Å². The second-order valence-corrected chi connectivity index (χ2v) is 7.45. The number of nitrogens with zero attached hydrogens (tertiary/aromatic N) is 1. The number of hydrogen-bond donors (Lipinski definition) is 0. The van der Waals surface area contributed by atoms with Crippen LogP contribution in [0.3, 0.4) is 0 Å². The lowest BCUT2D eigenvalue weighted by atomic mass is 10.1. The van der Waals surface area contributed by atoms with Crippen LogP contribution in [-0.2, 0) is 9.84 Å². The summed E-state index contributed by atoms with van der Waals surface area (Å²) in [6.45, 7) is 0. The summed E-state index contributed by atoms with van der Waals surface area (Å²) in [6.07, 6.45) is 2.02. The van der Waals surface area contributed by atoms with Crippen LogP contribution in [0.4, 0.5) is 0 Å². The number of sulfone groups is 1. The molecule has 0 saturated heterocycles. The molecule has 1 aliphatic carbocycles. The third-order valence-corrected chi connectivity index (χ3v) is 5.59. The van der Waals surface area contributed by atoms with E-state index in [0.717, 1.165) is 17.3 Å². The lowest BCUT2D eigenvalue weighted by Gasteiger charge is -2.11. The summed E-state index contributed by atoms with van der Waals surface area (Å²) in [6, 6.07) is 8.72. The molecule has 0 atom stereocenters. The van der Waals surface area contributed by atoms with Gasteiger partial charge in [0.1, 0.15) is 0 Å². The predicted molar refractivity (Wildman–Crippen MR) is 68.1 cm³/mol. The van der Waals surface area contributed by atoms with Crippen LogP contribution in [0, 0.1) is 16.7 Å². The molecule has 17 heavy (non-hydrogen) atoms. The molecule has 0 N–H and O–H groups in total. The van der Waals surface area contributed by atoms with Gasteiger partial charge in [0.25, 0.3) is 0 Å². The smallest absolute Gasteiger partial charge is 0.178 e. The molecule has 1 saturated carbocycles. The van der Waals surface area contributed by atoms with E-state index in [1.165, 1.54) is 0 Å². The Morgan fingerprint density at radius 3 is 2.35 bits per heavy atom. The largest absolute Gasteiger partial charge is 0.224 e. The first-order valence-electron chi connectivity index (χ1n) is 5.33. The van der Waals surface area contributed by atoms with E-state index in [9.17, 15) is 8.42 Å². The van der Waals surface area contributed by atoms with E-state index in [0.29, 0.717) is 11.3 Å². The number of rotatable bonds is 4. The first kappa shape index (κ1) is 12.6. The lowest BCUT2D eigenvalue weighted by Crippen LogP contribution is -2.17. The zero-order chi connectivity index (χ0) is 12.5. The second-order valence-electron chi connectivity index (χ2n) is 4.55. The highest BCUT2D eigenvalue weighted by Crippen LogP contribution is 2.50. The van der Waals surface area contributed by atoms with Crippen LogP contribution in [0.25, 0.3) is 0 Å². The van der Waals surface area contributed by atoms with Crippen molar-refractivity contribution in [3.8, 4) is 6.07 Å². The fourth-order valence-electron chi connectivity index (χ4n) is 1.84. The van der Waals surface area contributed by atoms with Gasteiger partial charge in [-0.3, -0.25) is 0 Å². The molecule has 90 valence electrons. The minimum atomic E-state index is -3.27. The van der Waals surface area contributed by atoms with Crippen molar-refractivity contribution in [3.63, 3.8) is 0 Å². The van der Waals surface area contributed by atoms with Crippen molar-refractivity contribution in [3.05, 3.63) is 28.7 Å². The van der Waals surface area contributed by atoms with E-state index >= 15 is 0 Å². The van der Waals surface area contributed by atoms with Crippen molar-refractivity contribution in [1.29, 1.82) is 5.26 Å². The van der Waals surface area contributed by atoms with Crippen LogP contribution in [0.2, 0.25) is 0 Å². The number of benzene rings is 1. The summed E-state index contributed by atoms with van der Waals surface area (Å²) in [5.74, 6) is 0.0925. The third-order valence-electron chi connectivity index (χ3n) is 3.08. The maximum Gasteiger partial charge on any atom is 0.178 e. The van der Waals surface area contributed by atoms with Gasteiger partial charge in [0.2, 0.25) is 0 Å². The molecule has 0 spiro atoms. The monoisotopic (exact) mass is 313 g/mol. The molecule has 5 heteroatoms. The molecule has 1 fully saturated rings. The fourth-order valence-corrected chi connectivity index (χ4v) is 4.02. The predicted octanol–water partition coefficient (Wildman–Crippen LogP) is 2.92. The maximum atomic E-state index is 12.1. The van der Waals surface area contributed by atoms with Crippen molar-refractivity contribution in [2.45, 2.75) is 24.2 Å². The Morgan fingerprint density at radius 1 is 1.29 bits per heavy atom. The summed E-state index contributed by atoms with van der Waals surface area (Å²) < 4.78 is 25.2. The molecule has 0 bridgehead atoms. The second kappa shape index (κ2) is 4.43. The first-order valence-corrected chi connectivity index (χ1v) is 7.77. The molecule has 0 radical (unpaired) electrons. The minimum Gasteiger partial charge on any atom is -0.224 e. The van der Waals surface area contributed by atoms with Gasteiger partial charge >= 0.3 is 0 Å². The molecule has 0 aliphatic heterocycles. The SMILES string of the molecule is N#CCC1(CS(=O)(=O)c2ccc(Br)cc2)CC1. The Bertz CT molecular complexity index is 553. The summed E-state index contributed by atoms with van der Waals surface area (Å²) in [4.78, 5) is 0.338. The van der Waals surface area contributed by atoms with Crippen LogP contribution >= 0.6 is 15.9 Å². The molecule has 1 aromatic carbocycles. The molecule has 1 aromatic rings. The molecule has 3 nitrogen and oxygen atoms in total. The van der Waals surface area contributed by atoms with Gasteiger partial charge in [0, 0.05) is 10.9 Å². The number of nitriles is 1. The van der Waals surface area contributed by atoms with Crippen LogP contribution in [0.15, 0.2) is 33.6 Å². The summed E-state index contributed by atoms with van der Waals surface area (Å²) >= 11 is 3.27. The molecular weight excluding hydrogens is 302 g/mol. The average molecular weight is 314 g/mol. The maximum absolute atomic E-state index is 12.1. The Labute approximate surface area is 110 Å². The fraction of sp³-hybridized carbons (Fsp3) is 0.417. The molecular formula is C12H12BrNO2S. The number of halogens is 1. The highest BCUT2D eigenvalue weighted by molar-refractivity contribution is 9.10. The van der Waals surface area contributed by atoms with Crippen molar-refractivity contribution in [1.82, 2.24) is 0 Å². The molecule has 0 aromatic heterocycles. The van der Waals surface area contributed by atoms with E-state index in [-0.39, 0.29) is 11.2 Å². The van der Waals surface area contributed by atoms with E-state index in [1.807, 2.05) is 0 Å². The summed E-state index contributed by atoms with van der Waals surface area (Å²) in [7, 11) is -3.27. The van der Waals surface area contributed by atoms with E-state index in [4.69, 9.17) is 5.26 Å². The van der Waals surface area contributed by atoms with E-state index in [2.05, 4.69) is 22.0 Å². The van der Waals surface area contributed by atoms with E-state index in [1.54, 1.807) is 24.3 Å². The average Bonchev–Trinajstić information content (AvgIpc) is 2.98. The Hall–Kier alpha value is -0.860. The Kier molecular flexibility index (Phi) is 3.28. The van der Waals surface area contributed by atoms with Gasteiger partial charge in [-0.1, -0.05) is 15.9 Å². The van der Waals surface area contributed by atoms with E-state index < -0.39 is 9.84 Å². The van der Waals surface area contributed by atoms with Gasteiger partial charge in [0.15, 0.2) is 9.84 Å². The Morgan fingerprint density at radius 2 is 1.88 bits per heavy atom. The highest BCUT2D eigenvalue weighted by Gasteiger charge is 2.46. The molecule has 2 rings (SSSR count). The van der Waals surface area contributed by atoms with Crippen LogP contribution < -0.4 is 0 Å². The number of hydrogen-bond acceptors (Lipinski definition) is 3. The quantitative estimate of drug-likeness (QED) is 0.858. The zero-order valence-electron chi connectivity index (χ0n) is 9.19. The van der Waals surface area contributed by atoms with Crippen LogP contribution in [-0.4, -0.2) is 14.2 Å². The van der Waals surface area contributed by atoms with Gasteiger partial charge < -0.3 is 0 Å². The van der Waals surface area contributed by atoms with Gasteiger partial charge in [-0.25, -0.2) is 8.42 Å².